The van der Waals surface area contributed by atoms with Gasteiger partial charge in [-0.15, -0.1) is 11.8 Å². The minimum Gasteiger partial charge on any atom is -0.323 e. The largest absolute Gasteiger partial charge is 0.323 e. The van der Waals surface area contributed by atoms with E-state index >= 15 is 0 Å². The maximum atomic E-state index is 6.22. The smallest absolute Gasteiger partial charge is 0.0464 e. The van der Waals surface area contributed by atoms with Crippen molar-refractivity contribution in [2.45, 2.75) is 30.4 Å². The standard InChI is InChI=1S/C11H13Cl2NS/c1-11(2)10(14)7-3-6(12)4-9(13)8(7)5-15-11/h3-4,10H,5,14H2,1-2H3. The van der Waals surface area contributed by atoms with E-state index in [1.807, 2.05) is 17.8 Å². The normalized spacial score (nSPS) is 23.7. The number of hydrogen-bond acceptors (Lipinski definition) is 2. The predicted octanol–water partition coefficient (Wildman–Crippen LogP) is 4.02. The first-order chi connectivity index (χ1) is 6.92. The summed E-state index contributed by atoms with van der Waals surface area (Å²) in [5, 5.41) is 1.40. The second-order valence-corrected chi connectivity index (χ2v) is 6.80. The van der Waals surface area contributed by atoms with Crippen molar-refractivity contribution < 1.29 is 0 Å². The molecule has 1 unspecified atom stereocenters. The molecule has 82 valence electrons. The summed E-state index contributed by atoms with van der Waals surface area (Å²) >= 11 is 14.0. The number of rotatable bonds is 0. The van der Waals surface area contributed by atoms with Crippen molar-refractivity contribution in [1.29, 1.82) is 0 Å². The molecule has 1 aliphatic rings. The third-order valence-corrected chi connectivity index (χ3v) is 4.85. The SMILES string of the molecule is CC1(C)SCc2c(Cl)cc(Cl)cc2C1N. The molecule has 0 aliphatic carbocycles. The van der Waals surface area contributed by atoms with Crippen LogP contribution in [0.5, 0.6) is 0 Å². The Morgan fingerprint density at radius 2 is 2.07 bits per heavy atom. The van der Waals surface area contributed by atoms with Crippen LogP contribution in [0.1, 0.15) is 31.0 Å². The van der Waals surface area contributed by atoms with Gasteiger partial charge in [0.05, 0.1) is 0 Å². The van der Waals surface area contributed by atoms with Gasteiger partial charge in [0.15, 0.2) is 0 Å². The molecular formula is C11H13Cl2NS. The molecule has 0 saturated heterocycles. The van der Waals surface area contributed by atoms with E-state index in [0.29, 0.717) is 5.02 Å². The molecule has 1 aromatic carbocycles. The Morgan fingerprint density at radius 3 is 2.73 bits per heavy atom. The number of benzene rings is 1. The van der Waals surface area contributed by atoms with Gasteiger partial charge in [-0.1, -0.05) is 23.2 Å². The van der Waals surface area contributed by atoms with Crippen molar-refractivity contribution in [3.63, 3.8) is 0 Å². The second-order valence-electron chi connectivity index (χ2n) is 4.33. The van der Waals surface area contributed by atoms with E-state index in [1.54, 1.807) is 6.07 Å². The molecule has 0 spiro atoms. The van der Waals surface area contributed by atoms with Crippen LogP contribution in [0.3, 0.4) is 0 Å². The molecule has 1 aromatic rings. The molecule has 4 heteroatoms. The summed E-state index contributed by atoms with van der Waals surface area (Å²) in [6.45, 7) is 4.31. The van der Waals surface area contributed by atoms with Gasteiger partial charge >= 0.3 is 0 Å². The first-order valence-electron chi connectivity index (χ1n) is 4.79. The Hall–Kier alpha value is 0.110. The van der Waals surface area contributed by atoms with Crippen molar-refractivity contribution in [2.24, 2.45) is 5.73 Å². The summed E-state index contributed by atoms with van der Waals surface area (Å²) in [5.74, 6) is 0.909. The minimum atomic E-state index is -0.0116. The fraction of sp³-hybridized carbons (Fsp3) is 0.455. The van der Waals surface area contributed by atoms with Gasteiger partial charge in [-0.2, -0.15) is 0 Å². The van der Waals surface area contributed by atoms with Crippen LogP contribution in [-0.4, -0.2) is 4.75 Å². The van der Waals surface area contributed by atoms with Crippen LogP contribution in [0.25, 0.3) is 0 Å². The first kappa shape index (κ1) is 11.6. The Balaban J connectivity index is 2.56. The lowest BCUT2D eigenvalue weighted by molar-refractivity contribution is 0.552. The summed E-state index contributed by atoms with van der Waals surface area (Å²) in [6, 6.07) is 3.71. The van der Waals surface area contributed by atoms with Crippen LogP contribution in [0.4, 0.5) is 0 Å². The van der Waals surface area contributed by atoms with Crippen molar-refractivity contribution in [1.82, 2.24) is 0 Å². The van der Waals surface area contributed by atoms with Crippen LogP contribution in [-0.2, 0) is 5.75 Å². The summed E-state index contributed by atoms with van der Waals surface area (Å²) in [5.41, 5.74) is 8.45. The Labute approximate surface area is 104 Å². The highest BCUT2D eigenvalue weighted by molar-refractivity contribution is 8.00. The lowest BCUT2D eigenvalue weighted by Gasteiger charge is -2.37. The number of halogens is 2. The van der Waals surface area contributed by atoms with E-state index in [2.05, 4.69) is 13.8 Å². The van der Waals surface area contributed by atoms with E-state index < -0.39 is 0 Å². The van der Waals surface area contributed by atoms with Gasteiger partial charge in [0.2, 0.25) is 0 Å². The first-order valence-corrected chi connectivity index (χ1v) is 6.53. The van der Waals surface area contributed by atoms with Crippen LogP contribution >= 0.6 is 35.0 Å². The van der Waals surface area contributed by atoms with E-state index in [0.717, 1.165) is 21.9 Å². The maximum Gasteiger partial charge on any atom is 0.0464 e. The zero-order valence-corrected chi connectivity index (χ0v) is 11.0. The molecule has 0 radical (unpaired) electrons. The molecule has 2 rings (SSSR count). The molecule has 1 aliphatic heterocycles. The molecule has 2 N–H and O–H groups in total. The lowest BCUT2D eigenvalue weighted by Crippen LogP contribution is -2.36. The monoisotopic (exact) mass is 261 g/mol. The topological polar surface area (TPSA) is 26.0 Å². The van der Waals surface area contributed by atoms with Crippen LogP contribution in [0, 0.1) is 0 Å². The molecule has 15 heavy (non-hydrogen) atoms. The van der Waals surface area contributed by atoms with Gasteiger partial charge in [0.1, 0.15) is 0 Å². The molecule has 0 bridgehead atoms. The van der Waals surface area contributed by atoms with Crippen molar-refractivity contribution in [3.8, 4) is 0 Å². The number of thioether (sulfide) groups is 1. The molecule has 0 aromatic heterocycles. The Bertz CT molecular complexity index is 404. The van der Waals surface area contributed by atoms with Crippen molar-refractivity contribution in [3.05, 3.63) is 33.3 Å². The quantitative estimate of drug-likeness (QED) is 0.764. The zero-order chi connectivity index (χ0) is 11.2. The zero-order valence-electron chi connectivity index (χ0n) is 8.68. The van der Waals surface area contributed by atoms with E-state index in [9.17, 15) is 0 Å². The molecule has 1 nitrogen and oxygen atoms in total. The van der Waals surface area contributed by atoms with Gasteiger partial charge < -0.3 is 5.73 Å². The average molecular weight is 262 g/mol. The highest BCUT2D eigenvalue weighted by Crippen LogP contribution is 2.46. The number of nitrogens with two attached hydrogens (primary N) is 1. The highest BCUT2D eigenvalue weighted by atomic mass is 35.5. The summed E-state index contributed by atoms with van der Waals surface area (Å²) < 4.78 is 0.0427. The molecule has 0 fully saturated rings. The fourth-order valence-electron chi connectivity index (χ4n) is 1.78. The number of hydrogen-bond donors (Lipinski definition) is 1. The van der Waals surface area contributed by atoms with Gasteiger partial charge in [-0.25, -0.2) is 0 Å². The molecule has 1 atom stereocenters. The Kier molecular flexibility index (Phi) is 2.97. The van der Waals surface area contributed by atoms with Gasteiger partial charge in [-0.05, 0) is 37.1 Å². The Morgan fingerprint density at radius 1 is 1.40 bits per heavy atom. The second kappa shape index (κ2) is 3.85. The molecule has 0 amide bonds. The van der Waals surface area contributed by atoms with Gasteiger partial charge in [0.25, 0.3) is 0 Å². The average Bonchev–Trinajstić information content (AvgIpc) is 2.12. The van der Waals surface area contributed by atoms with E-state index in [-0.39, 0.29) is 10.8 Å². The van der Waals surface area contributed by atoms with Crippen molar-refractivity contribution >= 4 is 35.0 Å². The van der Waals surface area contributed by atoms with Gasteiger partial charge in [-0.3, -0.25) is 0 Å². The highest BCUT2D eigenvalue weighted by Gasteiger charge is 2.35. The summed E-state index contributed by atoms with van der Waals surface area (Å²) in [7, 11) is 0. The summed E-state index contributed by atoms with van der Waals surface area (Å²) in [4.78, 5) is 0. The third-order valence-electron chi connectivity index (χ3n) is 2.87. The van der Waals surface area contributed by atoms with E-state index in [1.165, 1.54) is 0 Å². The number of fused-ring (bicyclic) bond motifs is 1. The predicted molar refractivity (Wildman–Crippen MR) is 68.8 cm³/mol. The lowest BCUT2D eigenvalue weighted by atomic mass is 9.92. The third kappa shape index (κ3) is 2.01. The molecular weight excluding hydrogens is 249 g/mol. The van der Waals surface area contributed by atoms with Crippen LogP contribution in [0.15, 0.2) is 12.1 Å². The maximum absolute atomic E-state index is 6.22. The summed E-state index contributed by atoms with van der Waals surface area (Å²) in [6.07, 6.45) is 0. The van der Waals surface area contributed by atoms with Crippen LogP contribution < -0.4 is 5.73 Å². The van der Waals surface area contributed by atoms with Gasteiger partial charge in [0, 0.05) is 26.6 Å². The van der Waals surface area contributed by atoms with Crippen molar-refractivity contribution in [2.75, 3.05) is 0 Å². The molecule has 1 heterocycles. The minimum absolute atomic E-state index is 0.0116. The van der Waals surface area contributed by atoms with Crippen LogP contribution in [0.2, 0.25) is 10.0 Å². The molecule has 0 saturated carbocycles. The fourth-order valence-corrected chi connectivity index (χ4v) is 3.58. The van der Waals surface area contributed by atoms with E-state index in [4.69, 9.17) is 28.9 Å².